The van der Waals surface area contributed by atoms with Crippen LogP contribution in [0.2, 0.25) is 0 Å². The average Bonchev–Trinajstić information content (AvgIpc) is 1.93. The van der Waals surface area contributed by atoms with Gasteiger partial charge in [0, 0.05) is 25.7 Å². The van der Waals surface area contributed by atoms with Crippen LogP contribution in [0, 0.1) is 23.7 Å². The lowest BCUT2D eigenvalue weighted by atomic mass is 10.0. The number of phosphoric ester groups is 2. The van der Waals surface area contributed by atoms with Crippen molar-refractivity contribution in [2.75, 3.05) is 39.6 Å². The van der Waals surface area contributed by atoms with Gasteiger partial charge in [0.05, 0.1) is 26.4 Å². The minimum absolute atomic E-state index is 0.104. The van der Waals surface area contributed by atoms with Crippen LogP contribution in [0.5, 0.6) is 0 Å². The van der Waals surface area contributed by atoms with Crippen LogP contribution < -0.4 is 0 Å². The van der Waals surface area contributed by atoms with Gasteiger partial charge in [-0.1, -0.05) is 331 Å². The molecule has 0 heterocycles. The number of aliphatic hydroxyl groups excluding tert-OH is 1. The molecule has 564 valence electrons. The summed E-state index contributed by atoms with van der Waals surface area (Å²) >= 11 is 0. The summed E-state index contributed by atoms with van der Waals surface area (Å²) in [6.45, 7) is 14.1. The van der Waals surface area contributed by atoms with Gasteiger partial charge in [0.15, 0.2) is 12.2 Å². The first-order valence-electron chi connectivity index (χ1n) is 39.2. The number of ether oxygens (including phenoxy) is 4. The molecule has 19 heteroatoms. The SMILES string of the molecule is CC(C)CCCCCCCCCCCCCCCCCCCCC(=O)O[C@H](COC(=O)CCCCCCCCCCCCC(C)C)COP(=O)(O)OC[C@@H](O)COP(=O)(O)OC[C@@H](COC(=O)CCCCCCCCC(C)C)OC(=O)CCCCCCCCCCCC(C)C. The number of aliphatic hydroxyl groups is 1. The molecule has 0 spiro atoms. The zero-order chi connectivity index (χ0) is 70.3. The van der Waals surface area contributed by atoms with Crippen LogP contribution in [0.4, 0.5) is 0 Å². The van der Waals surface area contributed by atoms with Gasteiger partial charge in [-0.25, -0.2) is 9.13 Å². The van der Waals surface area contributed by atoms with Crippen molar-refractivity contribution < 1.29 is 80.2 Å². The molecular formula is C76H148O17P2. The highest BCUT2D eigenvalue weighted by atomic mass is 31.2. The predicted molar refractivity (Wildman–Crippen MR) is 386 cm³/mol. The Labute approximate surface area is 581 Å². The van der Waals surface area contributed by atoms with Crippen LogP contribution in [0.3, 0.4) is 0 Å². The van der Waals surface area contributed by atoms with E-state index >= 15 is 0 Å². The molecule has 0 fully saturated rings. The van der Waals surface area contributed by atoms with E-state index in [0.717, 1.165) is 114 Å². The molecule has 0 aromatic heterocycles. The van der Waals surface area contributed by atoms with E-state index in [2.05, 4.69) is 55.4 Å². The Bertz CT molecular complexity index is 1870. The number of carbonyl (C=O) groups is 4. The van der Waals surface area contributed by atoms with Gasteiger partial charge in [0.25, 0.3) is 0 Å². The maximum Gasteiger partial charge on any atom is 0.472 e. The summed E-state index contributed by atoms with van der Waals surface area (Å²) in [5, 5.41) is 10.6. The second kappa shape index (κ2) is 65.4. The molecule has 0 rings (SSSR count). The van der Waals surface area contributed by atoms with Crippen molar-refractivity contribution in [3.05, 3.63) is 0 Å². The van der Waals surface area contributed by atoms with E-state index < -0.39 is 97.5 Å². The van der Waals surface area contributed by atoms with Crippen molar-refractivity contribution in [1.82, 2.24) is 0 Å². The quantitative estimate of drug-likeness (QED) is 0.0222. The molecule has 17 nitrogen and oxygen atoms in total. The third-order valence-corrected chi connectivity index (χ3v) is 19.5. The molecule has 5 atom stereocenters. The van der Waals surface area contributed by atoms with Crippen LogP contribution in [-0.2, 0) is 65.4 Å². The fourth-order valence-corrected chi connectivity index (χ4v) is 13.1. The molecule has 0 saturated carbocycles. The first-order valence-corrected chi connectivity index (χ1v) is 42.2. The highest BCUT2D eigenvalue weighted by Crippen LogP contribution is 2.45. The summed E-state index contributed by atoms with van der Waals surface area (Å²) < 4.78 is 68.5. The van der Waals surface area contributed by atoms with Gasteiger partial charge in [0.2, 0.25) is 0 Å². The van der Waals surface area contributed by atoms with Crippen molar-refractivity contribution in [2.24, 2.45) is 23.7 Å². The molecule has 0 saturated heterocycles. The summed E-state index contributed by atoms with van der Waals surface area (Å²) in [4.78, 5) is 72.7. The Hall–Kier alpha value is -1.94. The number of hydrogen-bond donors (Lipinski definition) is 3. The van der Waals surface area contributed by atoms with Crippen LogP contribution >= 0.6 is 15.6 Å². The van der Waals surface area contributed by atoms with E-state index in [-0.39, 0.29) is 25.7 Å². The largest absolute Gasteiger partial charge is 0.472 e. The average molecular weight is 1400 g/mol. The molecule has 0 aromatic carbocycles. The Balaban J connectivity index is 5.20. The molecule has 95 heavy (non-hydrogen) atoms. The Kier molecular flexibility index (Phi) is 64.0. The third kappa shape index (κ3) is 70.3. The molecule has 0 amide bonds. The highest BCUT2D eigenvalue weighted by Gasteiger charge is 2.30. The summed E-state index contributed by atoms with van der Waals surface area (Å²) in [5.74, 6) is 0.871. The molecule has 0 bridgehead atoms. The number of esters is 4. The van der Waals surface area contributed by atoms with E-state index in [4.69, 9.17) is 37.0 Å². The smallest absolute Gasteiger partial charge is 0.462 e. The first kappa shape index (κ1) is 93.1. The predicted octanol–water partition coefficient (Wildman–Crippen LogP) is 22.0. The lowest BCUT2D eigenvalue weighted by Gasteiger charge is -2.21. The van der Waals surface area contributed by atoms with E-state index in [1.165, 1.54) is 180 Å². The molecule has 0 aromatic rings. The lowest BCUT2D eigenvalue weighted by molar-refractivity contribution is -0.161. The summed E-state index contributed by atoms with van der Waals surface area (Å²) in [7, 11) is -9.91. The summed E-state index contributed by atoms with van der Waals surface area (Å²) in [6.07, 6.45) is 50.3. The zero-order valence-corrected chi connectivity index (χ0v) is 64.1. The topological polar surface area (TPSA) is 237 Å². The van der Waals surface area contributed by atoms with E-state index in [9.17, 15) is 43.2 Å². The van der Waals surface area contributed by atoms with Gasteiger partial charge < -0.3 is 33.8 Å². The second-order valence-corrected chi connectivity index (χ2v) is 32.2. The van der Waals surface area contributed by atoms with Gasteiger partial charge in [-0.2, -0.15) is 0 Å². The maximum atomic E-state index is 13.1. The standard InChI is InChI=1S/C76H148O17P2/c1-66(2)52-44-36-28-22-17-15-13-11-9-10-12-14-16-18-26-32-42-50-58-75(80)92-71(62-86-73(78)56-48-40-31-25-20-19-23-29-37-45-53-67(3)4)64-90-94(82,83)88-60-70(77)61-89-95(84,85)91-65-72(63-87-74(79)57-49-41-35-34-39-47-55-69(7)8)93-76(81)59-51-43-33-27-21-24-30-38-46-54-68(5)6/h66-72,77H,9-65H2,1-8H3,(H,82,83)(H,84,85)/t70-,71-,72-/m1/s1. The number of hydrogen-bond acceptors (Lipinski definition) is 15. The van der Waals surface area contributed by atoms with Crippen LogP contribution in [-0.4, -0.2) is 96.7 Å². The summed E-state index contributed by atoms with van der Waals surface area (Å²) in [5.41, 5.74) is 0. The van der Waals surface area contributed by atoms with Crippen LogP contribution in [0.25, 0.3) is 0 Å². The van der Waals surface area contributed by atoms with Crippen LogP contribution in [0.1, 0.15) is 383 Å². The summed E-state index contributed by atoms with van der Waals surface area (Å²) in [6, 6.07) is 0. The highest BCUT2D eigenvalue weighted by molar-refractivity contribution is 7.47. The van der Waals surface area contributed by atoms with E-state index in [0.29, 0.717) is 31.6 Å². The minimum atomic E-state index is -4.96. The van der Waals surface area contributed by atoms with E-state index in [1.807, 2.05) is 0 Å². The van der Waals surface area contributed by atoms with Crippen molar-refractivity contribution >= 4 is 39.5 Å². The minimum Gasteiger partial charge on any atom is -0.462 e. The molecule has 0 radical (unpaired) electrons. The molecule has 0 aliphatic carbocycles. The fraction of sp³-hybridized carbons (Fsp3) is 0.947. The van der Waals surface area contributed by atoms with Gasteiger partial charge >= 0.3 is 39.5 Å². The fourth-order valence-electron chi connectivity index (χ4n) is 11.6. The van der Waals surface area contributed by atoms with E-state index in [1.54, 1.807) is 0 Å². The number of phosphoric acid groups is 2. The maximum absolute atomic E-state index is 13.1. The molecule has 2 unspecified atom stereocenters. The number of rotatable bonds is 73. The van der Waals surface area contributed by atoms with Gasteiger partial charge in [-0.15, -0.1) is 0 Å². The molecule has 0 aliphatic rings. The first-order chi connectivity index (χ1) is 45.6. The molecular weight excluding hydrogens is 1250 g/mol. The number of carbonyl (C=O) groups excluding carboxylic acids is 4. The van der Waals surface area contributed by atoms with Gasteiger partial charge in [-0.3, -0.25) is 37.3 Å². The van der Waals surface area contributed by atoms with Crippen molar-refractivity contribution in [3.63, 3.8) is 0 Å². The molecule has 3 N–H and O–H groups in total. The Morgan fingerprint density at radius 3 is 0.653 bits per heavy atom. The van der Waals surface area contributed by atoms with Crippen molar-refractivity contribution in [3.8, 4) is 0 Å². The van der Waals surface area contributed by atoms with Crippen LogP contribution in [0.15, 0.2) is 0 Å². The lowest BCUT2D eigenvalue weighted by Crippen LogP contribution is -2.30. The molecule has 0 aliphatic heterocycles. The monoisotopic (exact) mass is 1400 g/mol. The van der Waals surface area contributed by atoms with Gasteiger partial charge in [0.1, 0.15) is 19.3 Å². The number of unbranched alkanes of at least 4 members (excludes halogenated alkanes) is 39. The van der Waals surface area contributed by atoms with Crippen molar-refractivity contribution in [1.29, 1.82) is 0 Å². The zero-order valence-electron chi connectivity index (χ0n) is 62.3. The van der Waals surface area contributed by atoms with Gasteiger partial charge in [-0.05, 0) is 49.4 Å². The van der Waals surface area contributed by atoms with Crippen molar-refractivity contribution in [2.45, 2.75) is 401 Å². The Morgan fingerprint density at radius 1 is 0.263 bits per heavy atom. The Morgan fingerprint density at radius 2 is 0.442 bits per heavy atom. The second-order valence-electron chi connectivity index (χ2n) is 29.3. The third-order valence-electron chi connectivity index (χ3n) is 17.6. The normalized spacial score (nSPS) is 14.1.